The van der Waals surface area contributed by atoms with Gasteiger partial charge < -0.3 is 9.32 Å². The van der Waals surface area contributed by atoms with Crippen LogP contribution in [0.3, 0.4) is 0 Å². The Balaban J connectivity index is 1.69. The molecule has 0 bridgehead atoms. The lowest BCUT2D eigenvalue weighted by atomic mass is 10.0. The molecule has 0 N–H and O–H groups in total. The summed E-state index contributed by atoms with van der Waals surface area (Å²) in [4.78, 5) is 21.4. The summed E-state index contributed by atoms with van der Waals surface area (Å²) in [5.41, 5.74) is 0.959. The molecule has 22 heavy (non-hydrogen) atoms. The molecule has 3 heterocycles. The van der Waals surface area contributed by atoms with E-state index in [2.05, 4.69) is 30.7 Å². The van der Waals surface area contributed by atoms with E-state index in [1.807, 2.05) is 4.90 Å². The van der Waals surface area contributed by atoms with Crippen LogP contribution in [0.5, 0.6) is 0 Å². The Kier molecular flexibility index (Phi) is 4.52. The van der Waals surface area contributed by atoms with Crippen molar-refractivity contribution in [1.82, 2.24) is 14.8 Å². The van der Waals surface area contributed by atoms with Crippen molar-refractivity contribution in [1.29, 1.82) is 0 Å². The second-order valence-electron chi connectivity index (χ2n) is 7.27. The van der Waals surface area contributed by atoms with Gasteiger partial charge in [-0.05, 0) is 24.7 Å². The van der Waals surface area contributed by atoms with E-state index in [1.165, 1.54) is 6.42 Å². The summed E-state index contributed by atoms with van der Waals surface area (Å²) >= 11 is 0. The molecule has 1 atom stereocenters. The minimum Gasteiger partial charge on any atom is -0.437 e. The van der Waals surface area contributed by atoms with E-state index in [4.69, 9.17) is 4.42 Å². The highest BCUT2D eigenvalue weighted by Gasteiger charge is 2.29. The minimum absolute atomic E-state index is 0.0311. The van der Waals surface area contributed by atoms with Crippen molar-refractivity contribution in [2.75, 3.05) is 26.2 Å². The van der Waals surface area contributed by atoms with Crippen LogP contribution in [-0.2, 0) is 13.0 Å². The zero-order valence-corrected chi connectivity index (χ0v) is 14.0. The Morgan fingerprint density at radius 3 is 2.95 bits per heavy atom. The molecule has 5 heteroatoms. The van der Waals surface area contributed by atoms with Crippen LogP contribution >= 0.6 is 0 Å². The van der Waals surface area contributed by atoms with Crippen LogP contribution in [0.1, 0.15) is 55.8 Å². The summed E-state index contributed by atoms with van der Waals surface area (Å²) in [7, 11) is 0. The molecule has 1 fully saturated rings. The molecule has 1 amide bonds. The first-order chi connectivity index (χ1) is 10.5. The number of carbonyl (C=O) groups is 1. The number of oxazole rings is 1. The van der Waals surface area contributed by atoms with Crippen LogP contribution in [0.25, 0.3) is 0 Å². The molecule has 3 rings (SSSR count). The first kappa shape index (κ1) is 15.5. The molecule has 1 unspecified atom stereocenters. The monoisotopic (exact) mass is 305 g/mol. The molecule has 1 saturated heterocycles. The molecular formula is C17H27N3O2. The lowest BCUT2D eigenvalue weighted by Gasteiger charge is -2.29. The molecule has 2 aliphatic rings. The Bertz CT molecular complexity index is 538. The average Bonchev–Trinajstić information content (AvgIpc) is 2.89. The number of aromatic nitrogens is 1. The topological polar surface area (TPSA) is 49.6 Å². The van der Waals surface area contributed by atoms with Crippen molar-refractivity contribution in [3.8, 4) is 0 Å². The lowest BCUT2D eigenvalue weighted by molar-refractivity contribution is 0.0640. The van der Waals surface area contributed by atoms with Crippen molar-refractivity contribution in [3.05, 3.63) is 17.3 Å². The fraction of sp³-hybridized carbons (Fsp3) is 0.765. The van der Waals surface area contributed by atoms with Gasteiger partial charge in [0.05, 0.1) is 5.69 Å². The van der Waals surface area contributed by atoms with Gasteiger partial charge in [0.2, 0.25) is 0 Å². The fourth-order valence-electron chi connectivity index (χ4n) is 3.53. The van der Waals surface area contributed by atoms with Gasteiger partial charge in [0, 0.05) is 39.1 Å². The van der Waals surface area contributed by atoms with Gasteiger partial charge in [-0.15, -0.1) is 0 Å². The fourth-order valence-corrected chi connectivity index (χ4v) is 3.53. The third-order valence-corrected chi connectivity index (χ3v) is 4.56. The summed E-state index contributed by atoms with van der Waals surface area (Å²) < 4.78 is 5.78. The van der Waals surface area contributed by atoms with Gasteiger partial charge >= 0.3 is 5.91 Å². The third-order valence-electron chi connectivity index (χ3n) is 4.56. The van der Waals surface area contributed by atoms with Crippen LogP contribution in [0.2, 0.25) is 0 Å². The summed E-state index contributed by atoms with van der Waals surface area (Å²) in [6.07, 6.45) is 3.14. The van der Waals surface area contributed by atoms with Crippen LogP contribution in [0.4, 0.5) is 0 Å². The first-order valence-corrected chi connectivity index (χ1v) is 8.53. The lowest BCUT2D eigenvalue weighted by Crippen LogP contribution is -2.39. The van der Waals surface area contributed by atoms with E-state index in [1.54, 1.807) is 0 Å². The number of likely N-dealkylation sites (tertiary alicyclic amines) is 1. The molecule has 1 aromatic heterocycles. The largest absolute Gasteiger partial charge is 0.437 e. The zero-order chi connectivity index (χ0) is 15.7. The van der Waals surface area contributed by atoms with Crippen molar-refractivity contribution in [2.24, 2.45) is 11.8 Å². The van der Waals surface area contributed by atoms with Crippen LogP contribution in [0.15, 0.2) is 4.42 Å². The number of carbonyl (C=O) groups excluding carboxylic acids is 1. The predicted octanol–water partition coefficient (Wildman–Crippen LogP) is 2.56. The number of nitrogens with zero attached hydrogens (tertiary/aromatic N) is 3. The highest BCUT2D eigenvalue weighted by Crippen LogP contribution is 2.23. The van der Waals surface area contributed by atoms with E-state index < -0.39 is 0 Å². The van der Waals surface area contributed by atoms with Gasteiger partial charge in [0.15, 0.2) is 0 Å². The summed E-state index contributed by atoms with van der Waals surface area (Å²) in [6.45, 7) is 11.2. The van der Waals surface area contributed by atoms with E-state index in [0.29, 0.717) is 17.7 Å². The van der Waals surface area contributed by atoms with Crippen LogP contribution < -0.4 is 0 Å². The maximum atomic E-state index is 12.6. The Morgan fingerprint density at radius 1 is 1.41 bits per heavy atom. The molecule has 0 aromatic carbocycles. The molecular weight excluding hydrogens is 278 g/mol. The normalized spacial score (nSPS) is 22.9. The second-order valence-corrected chi connectivity index (χ2v) is 7.27. The number of hydrogen-bond donors (Lipinski definition) is 0. The molecule has 2 aliphatic heterocycles. The van der Waals surface area contributed by atoms with Crippen LogP contribution in [0, 0.1) is 11.8 Å². The number of piperidine rings is 1. The molecule has 0 aliphatic carbocycles. The first-order valence-electron chi connectivity index (χ1n) is 8.53. The van der Waals surface area contributed by atoms with Gasteiger partial charge in [-0.3, -0.25) is 9.69 Å². The standard InChI is InChI=1S/C17H27N3O2/c1-12(2)9-19-8-6-15-14(11-19)18-16(22-15)17(21)20-7-4-5-13(3)10-20/h12-13H,4-11H2,1-3H3. The SMILES string of the molecule is CC(C)CN1CCc2oc(C(=O)N3CCCC(C)C3)nc2C1. The van der Waals surface area contributed by atoms with E-state index in [0.717, 1.165) is 57.0 Å². The average molecular weight is 305 g/mol. The van der Waals surface area contributed by atoms with E-state index in [9.17, 15) is 4.79 Å². The van der Waals surface area contributed by atoms with Crippen molar-refractivity contribution in [3.63, 3.8) is 0 Å². The van der Waals surface area contributed by atoms with Gasteiger partial charge in [-0.2, -0.15) is 0 Å². The number of hydrogen-bond acceptors (Lipinski definition) is 4. The summed E-state index contributed by atoms with van der Waals surface area (Å²) in [5.74, 6) is 2.39. The zero-order valence-electron chi connectivity index (χ0n) is 14.0. The Labute approximate surface area is 132 Å². The highest BCUT2D eigenvalue weighted by molar-refractivity contribution is 5.89. The second kappa shape index (κ2) is 6.41. The maximum Gasteiger partial charge on any atom is 0.309 e. The maximum absolute atomic E-state index is 12.6. The van der Waals surface area contributed by atoms with Gasteiger partial charge in [-0.25, -0.2) is 4.98 Å². The third kappa shape index (κ3) is 3.35. The molecule has 0 saturated carbocycles. The Hall–Kier alpha value is -1.36. The molecule has 1 aromatic rings. The molecule has 0 spiro atoms. The van der Waals surface area contributed by atoms with Gasteiger partial charge in [-0.1, -0.05) is 20.8 Å². The smallest absolute Gasteiger partial charge is 0.309 e. The quantitative estimate of drug-likeness (QED) is 0.861. The summed E-state index contributed by atoms with van der Waals surface area (Å²) in [6, 6.07) is 0. The highest BCUT2D eigenvalue weighted by atomic mass is 16.4. The number of amides is 1. The van der Waals surface area contributed by atoms with Crippen LogP contribution in [-0.4, -0.2) is 46.9 Å². The minimum atomic E-state index is -0.0311. The predicted molar refractivity (Wildman–Crippen MR) is 84.6 cm³/mol. The van der Waals surface area contributed by atoms with Gasteiger partial charge in [0.1, 0.15) is 5.76 Å². The molecule has 5 nitrogen and oxygen atoms in total. The number of fused-ring (bicyclic) bond motifs is 1. The molecule has 0 radical (unpaired) electrons. The van der Waals surface area contributed by atoms with E-state index >= 15 is 0 Å². The Morgan fingerprint density at radius 2 is 2.23 bits per heavy atom. The number of rotatable bonds is 3. The van der Waals surface area contributed by atoms with E-state index in [-0.39, 0.29) is 5.91 Å². The molecule has 122 valence electrons. The van der Waals surface area contributed by atoms with Crippen molar-refractivity contribution >= 4 is 5.91 Å². The van der Waals surface area contributed by atoms with Crippen molar-refractivity contribution in [2.45, 2.75) is 46.6 Å². The summed E-state index contributed by atoms with van der Waals surface area (Å²) in [5, 5.41) is 0. The van der Waals surface area contributed by atoms with Gasteiger partial charge in [0.25, 0.3) is 5.89 Å². The van der Waals surface area contributed by atoms with Crippen molar-refractivity contribution < 1.29 is 9.21 Å².